The van der Waals surface area contributed by atoms with Crippen LogP contribution in [-0.4, -0.2) is 46.0 Å². The number of urea groups is 1. The molecule has 0 aliphatic rings. The lowest BCUT2D eigenvalue weighted by atomic mass is 10.0. The molecule has 0 saturated heterocycles. The maximum Gasteiger partial charge on any atom is 0.329 e. The highest BCUT2D eigenvalue weighted by Gasteiger charge is 2.36. The Morgan fingerprint density at radius 2 is 1.68 bits per heavy atom. The second-order valence-electron chi connectivity index (χ2n) is 7.25. The van der Waals surface area contributed by atoms with Crippen molar-refractivity contribution in [3.63, 3.8) is 0 Å². The van der Waals surface area contributed by atoms with Crippen LogP contribution < -0.4 is 10.6 Å². The van der Waals surface area contributed by atoms with E-state index in [4.69, 9.17) is 11.6 Å². The zero-order chi connectivity index (χ0) is 19.6. The summed E-state index contributed by atoms with van der Waals surface area (Å²) in [5, 5.41) is 14.8. The van der Waals surface area contributed by atoms with Crippen LogP contribution in [0.15, 0.2) is 18.2 Å². The molecule has 0 heterocycles. The van der Waals surface area contributed by atoms with Gasteiger partial charge in [-0.05, 0) is 52.8 Å². The Morgan fingerprint density at radius 1 is 1.12 bits per heavy atom. The highest BCUT2D eigenvalue weighted by molar-refractivity contribution is 6.34. The summed E-state index contributed by atoms with van der Waals surface area (Å²) in [6.45, 7) is 8.35. The molecule has 0 aliphatic carbocycles. The van der Waals surface area contributed by atoms with Gasteiger partial charge in [0.2, 0.25) is 0 Å². The van der Waals surface area contributed by atoms with E-state index in [2.05, 4.69) is 10.6 Å². The van der Waals surface area contributed by atoms with Gasteiger partial charge in [0, 0.05) is 18.3 Å². The summed E-state index contributed by atoms with van der Waals surface area (Å²) in [5.41, 5.74) is -1.35. The molecule has 0 atom stereocenters. The van der Waals surface area contributed by atoms with Crippen molar-refractivity contribution < 1.29 is 19.5 Å². The van der Waals surface area contributed by atoms with Gasteiger partial charge < -0.3 is 20.6 Å². The molecule has 0 saturated carbocycles. The SMILES string of the molecule is CN(C(=O)c1cc(NC(=O)NC(C)(C)C)ccc1Cl)C(C)(C)C(=O)O. The Kier molecular flexibility index (Phi) is 6.07. The number of anilines is 1. The van der Waals surface area contributed by atoms with E-state index in [0.29, 0.717) is 5.69 Å². The van der Waals surface area contributed by atoms with Crippen molar-refractivity contribution in [2.24, 2.45) is 0 Å². The summed E-state index contributed by atoms with van der Waals surface area (Å²) in [5.74, 6) is -1.70. The van der Waals surface area contributed by atoms with Crippen molar-refractivity contribution in [3.8, 4) is 0 Å². The maximum atomic E-state index is 12.6. The number of carbonyl (C=O) groups is 3. The third kappa shape index (κ3) is 5.35. The summed E-state index contributed by atoms with van der Waals surface area (Å²) in [7, 11) is 1.39. The van der Waals surface area contributed by atoms with E-state index in [1.165, 1.54) is 33.0 Å². The number of rotatable bonds is 4. The minimum Gasteiger partial charge on any atom is -0.480 e. The Balaban J connectivity index is 3.07. The lowest BCUT2D eigenvalue weighted by Crippen LogP contribution is -2.50. The van der Waals surface area contributed by atoms with Crippen molar-refractivity contribution in [2.45, 2.75) is 45.7 Å². The maximum absolute atomic E-state index is 12.6. The Morgan fingerprint density at radius 3 is 2.16 bits per heavy atom. The number of halogens is 1. The number of nitrogens with zero attached hydrogens (tertiary/aromatic N) is 1. The first-order chi connectivity index (χ1) is 11.3. The van der Waals surface area contributed by atoms with Crippen molar-refractivity contribution in [1.29, 1.82) is 0 Å². The molecule has 138 valence electrons. The van der Waals surface area contributed by atoms with E-state index in [1.807, 2.05) is 20.8 Å². The zero-order valence-corrected chi connectivity index (χ0v) is 16.0. The van der Waals surface area contributed by atoms with Crippen LogP contribution in [0, 0.1) is 0 Å². The molecule has 0 spiro atoms. The topological polar surface area (TPSA) is 98.7 Å². The van der Waals surface area contributed by atoms with Crippen LogP contribution >= 0.6 is 11.6 Å². The van der Waals surface area contributed by atoms with E-state index in [-0.39, 0.29) is 10.6 Å². The average Bonchev–Trinajstić information content (AvgIpc) is 2.45. The number of likely N-dealkylation sites (N-methyl/N-ethyl adjacent to an activating group) is 1. The van der Waals surface area contributed by atoms with Gasteiger partial charge in [0.15, 0.2) is 0 Å². The van der Waals surface area contributed by atoms with Gasteiger partial charge in [-0.3, -0.25) is 4.79 Å². The molecule has 1 aromatic rings. The first kappa shape index (κ1) is 20.8. The highest BCUT2D eigenvalue weighted by Crippen LogP contribution is 2.25. The van der Waals surface area contributed by atoms with Gasteiger partial charge in [-0.15, -0.1) is 0 Å². The van der Waals surface area contributed by atoms with Crippen LogP contribution in [0.25, 0.3) is 0 Å². The first-order valence-corrected chi connectivity index (χ1v) is 8.04. The molecule has 1 aromatic carbocycles. The van der Waals surface area contributed by atoms with Crippen LogP contribution in [0.3, 0.4) is 0 Å². The van der Waals surface area contributed by atoms with E-state index in [0.717, 1.165) is 4.90 Å². The molecule has 3 N–H and O–H groups in total. The molecule has 0 aliphatic heterocycles. The van der Waals surface area contributed by atoms with Crippen LogP contribution in [0.2, 0.25) is 5.02 Å². The van der Waals surface area contributed by atoms with Gasteiger partial charge >= 0.3 is 12.0 Å². The predicted molar refractivity (Wildman–Crippen MR) is 97.2 cm³/mol. The Bertz CT molecular complexity index is 696. The summed E-state index contributed by atoms with van der Waals surface area (Å²) < 4.78 is 0. The van der Waals surface area contributed by atoms with Crippen LogP contribution in [-0.2, 0) is 4.79 Å². The number of carboxylic acid groups (broad SMARTS) is 1. The first-order valence-electron chi connectivity index (χ1n) is 7.66. The molecule has 3 amide bonds. The smallest absolute Gasteiger partial charge is 0.329 e. The molecule has 0 unspecified atom stereocenters. The van der Waals surface area contributed by atoms with E-state index in [9.17, 15) is 19.5 Å². The Hall–Kier alpha value is -2.28. The summed E-state index contributed by atoms with van der Waals surface area (Å²) in [6, 6.07) is 4.03. The molecule has 0 aromatic heterocycles. The van der Waals surface area contributed by atoms with Crippen LogP contribution in [0.1, 0.15) is 45.0 Å². The van der Waals surface area contributed by atoms with E-state index in [1.54, 1.807) is 6.07 Å². The van der Waals surface area contributed by atoms with Crippen molar-refractivity contribution >= 4 is 35.2 Å². The van der Waals surface area contributed by atoms with Crippen LogP contribution in [0.4, 0.5) is 10.5 Å². The largest absolute Gasteiger partial charge is 0.480 e. The highest BCUT2D eigenvalue weighted by atomic mass is 35.5. The van der Waals surface area contributed by atoms with Crippen molar-refractivity contribution in [2.75, 3.05) is 12.4 Å². The number of benzene rings is 1. The minimum atomic E-state index is -1.41. The quantitative estimate of drug-likeness (QED) is 0.758. The van der Waals surface area contributed by atoms with Crippen molar-refractivity contribution in [1.82, 2.24) is 10.2 Å². The molecule has 1 rings (SSSR count). The number of nitrogens with one attached hydrogen (secondary N) is 2. The number of aliphatic carboxylic acids is 1. The lowest BCUT2D eigenvalue weighted by Gasteiger charge is -2.31. The molecule has 0 fully saturated rings. The molecule has 8 heteroatoms. The minimum absolute atomic E-state index is 0.104. The monoisotopic (exact) mass is 369 g/mol. The second kappa shape index (κ2) is 7.31. The van der Waals surface area contributed by atoms with Gasteiger partial charge in [0.05, 0.1) is 10.6 Å². The number of hydrogen-bond donors (Lipinski definition) is 3. The molecular weight excluding hydrogens is 346 g/mol. The van der Waals surface area contributed by atoms with Gasteiger partial charge in [0.25, 0.3) is 5.91 Å². The normalized spacial score (nSPS) is 11.6. The second-order valence-corrected chi connectivity index (χ2v) is 7.66. The van der Waals surface area contributed by atoms with Gasteiger partial charge in [0.1, 0.15) is 5.54 Å². The van der Waals surface area contributed by atoms with E-state index < -0.39 is 29.0 Å². The zero-order valence-electron chi connectivity index (χ0n) is 15.2. The van der Waals surface area contributed by atoms with Gasteiger partial charge in [-0.2, -0.15) is 0 Å². The fraction of sp³-hybridized carbons (Fsp3) is 0.471. The van der Waals surface area contributed by atoms with Crippen LogP contribution in [0.5, 0.6) is 0 Å². The fourth-order valence-electron chi connectivity index (χ4n) is 1.85. The third-order valence-electron chi connectivity index (χ3n) is 3.61. The number of carboxylic acids is 1. The molecule has 7 nitrogen and oxygen atoms in total. The number of amides is 3. The van der Waals surface area contributed by atoms with Crippen molar-refractivity contribution in [3.05, 3.63) is 28.8 Å². The predicted octanol–water partition coefficient (Wildman–Crippen LogP) is 3.20. The van der Waals surface area contributed by atoms with Gasteiger partial charge in [-0.25, -0.2) is 9.59 Å². The summed E-state index contributed by atoms with van der Waals surface area (Å²) in [4.78, 5) is 37.0. The Labute approximate surface area is 152 Å². The summed E-state index contributed by atoms with van der Waals surface area (Å²) >= 11 is 6.08. The average molecular weight is 370 g/mol. The molecule has 0 bridgehead atoms. The molecule has 0 radical (unpaired) electrons. The lowest BCUT2D eigenvalue weighted by molar-refractivity contribution is -0.147. The van der Waals surface area contributed by atoms with Gasteiger partial charge in [-0.1, -0.05) is 11.6 Å². The fourth-order valence-corrected chi connectivity index (χ4v) is 2.05. The summed E-state index contributed by atoms with van der Waals surface area (Å²) in [6.07, 6.45) is 0. The number of carbonyl (C=O) groups excluding carboxylic acids is 2. The molecular formula is C17H24ClN3O4. The standard InChI is InChI=1S/C17H24ClN3O4/c1-16(2,3)20-15(25)19-10-7-8-12(18)11(9-10)13(22)21(6)17(4,5)14(23)24/h7-9H,1-6H3,(H,23,24)(H2,19,20,25). The van der Waals surface area contributed by atoms with E-state index >= 15 is 0 Å². The molecule has 25 heavy (non-hydrogen) atoms. The number of hydrogen-bond acceptors (Lipinski definition) is 3. The third-order valence-corrected chi connectivity index (χ3v) is 3.94.